The van der Waals surface area contributed by atoms with Crippen LogP contribution in [-0.4, -0.2) is 22.5 Å². The SMILES string of the molecule is NC(=S)c1ccc(NC2CCSCC2)c(Cl)c1. The third-order valence-electron chi connectivity index (χ3n) is 2.83. The number of benzene rings is 1. The van der Waals surface area contributed by atoms with Crippen molar-refractivity contribution in [2.75, 3.05) is 16.8 Å². The highest BCUT2D eigenvalue weighted by atomic mass is 35.5. The van der Waals surface area contributed by atoms with Crippen LogP contribution in [0.4, 0.5) is 5.69 Å². The van der Waals surface area contributed by atoms with Crippen molar-refractivity contribution in [2.45, 2.75) is 18.9 Å². The molecule has 92 valence electrons. The fraction of sp³-hybridized carbons (Fsp3) is 0.417. The van der Waals surface area contributed by atoms with Crippen molar-refractivity contribution >= 4 is 46.3 Å². The Morgan fingerprint density at radius 1 is 1.41 bits per heavy atom. The van der Waals surface area contributed by atoms with E-state index in [1.807, 2.05) is 30.0 Å². The second kappa shape index (κ2) is 5.94. The molecule has 0 aliphatic carbocycles. The maximum absolute atomic E-state index is 6.21. The minimum atomic E-state index is 0.382. The zero-order valence-electron chi connectivity index (χ0n) is 9.41. The van der Waals surface area contributed by atoms with Crippen LogP contribution in [-0.2, 0) is 0 Å². The molecule has 1 aromatic carbocycles. The average molecular weight is 287 g/mol. The molecule has 1 saturated heterocycles. The van der Waals surface area contributed by atoms with Gasteiger partial charge >= 0.3 is 0 Å². The van der Waals surface area contributed by atoms with Crippen molar-refractivity contribution in [3.8, 4) is 0 Å². The predicted octanol–water partition coefficient (Wildman–Crippen LogP) is 3.28. The number of anilines is 1. The zero-order chi connectivity index (χ0) is 12.3. The lowest BCUT2D eigenvalue weighted by Crippen LogP contribution is -2.24. The van der Waals surface area contributed by atoms with E-state index in [-0.39, 0.29) is 0 Å². The lowest BCUT2D eigenvalue weighted by Gasteiger charge is -2.24. The van der Waals surface area contributed by atoms with Crippen LogP contribution in [0.1, 0.15) is 18.4 Å². The van der Waals surface area contributed by atoms with E-state index in [9.17, 15) is 0 Å². The lowest BCUT2D eigenvalue weighted by molar-refractivity contribution is 0.667. The number of rotatable bonds is 3. The van der Waals surface area contributed by atoms with Crippen LogP contribution in [0.3, 0.4) is 0 Å². The third-order valence-corrected chi connectivity index (χ3v) is 4.43. The molecule has 0 bridgehead atoms. The van der Waals surface area contributed by atoms with Gasteiger partial charge in [-0.3, -0.25) is 0 Å². The van der Waals surface area contributed by atoms with Crippen molar-refractivity contribution in [1.29, 1.82) is 0 Å². The largest absolute Gasteiger partial charge is 0.389 e. The van der Waals surface area contributed by atoms with Gasteiger partial charge in [0.1, 0.15) is 4.99 Å². The number of halogens is 1. The monoisotopic (exact) mass is 286 g/mol. The summed E-state index contributed by atoms with van der Waals surface area (Å²) in [4.78, 5) is 0.382. The Balaban J connectivity index is 2.08. The molecule has 0 saturated carbocycles. The van der Waals surface area contributed by atoms with Crippen LogP contribution in [0.25, 0.3) is 0 Å². The molecule has 0 aromatic heterocycles. The van der Waals surface area contributed by atoms with E-state index in [2.05, 4.69) is 5.32 Å². The van der Waals surface area contributed by atoms with Gasteiger partial charge in [0.15, 0.2) is 0 Å². The highest BCUT2D eigenvalue weighted by molar-refractivity contribution is 7.99. The van der Waals surface area contributed by atoms with Crippen LogP contribution in [0.2, 0.25) is 5.02 Å². The zero-order valence-corrected chi connectivity index (χ0v) is 11.8. The Morgan fingerprint density at radius 2 is 2.12 bits per heavy atom. The summed E-state index contributed by atoms with van der Waals surface area (Å²) in [6.45, 7) is 0. The molecule has 17 heavy (non-hydrogen) atoms. The molecule has 1 fully saturated rings. The quantitative estimate of drug-likeness (QED) is 0.837. The Kier molecular flexibility index (Phi) is 4.54. The number of thioether (sulfide) groups is 1. The maximum Gasteiger partial charge on any atom is 0.104 e. The number of nitrogens with one attached hydrogen (secondary N) is 1. The molecule has 1 aromatic rings. The van der Waals surface area contributed by atoms with Gasteiger partial charge in [-0.15, -0.1) is 0 Å². The topological polar surface area (TPSA) is 38.0 Å². The molecule has 2 nitrogen and oxygen atoms in total. The minimum Gasteiger partial charge on any atom is -0.389 e. The third kappa shape index (κ3) is 3.50. The second-order valence-corrected chi connectivity index (χ2v) is 6.16. The van der Waals surface area contributed by atoms with Gasteiger partial charge in [0.05, 0.1) is 10.7 Å². The molecule has 3 N–H and O–H groups in total. The van der Waals surface area contributed by atoms with Gasteiger partial charge in [-0.05, 0) is 42.5 Å². The molecule has 1 heterocycles. The summed E-state index contributed by atoms with van der Waals surface area (Å²) in [5, 5.41) is 4.17. The first-order valence-electron chi connectivity index (χ1n) is 5.60. The van der Waals surface area contributed by atoms with Crippen molar-refractivity contribution in [3.05, 3.63) is 28.8 Å². The molecule has 1 aliphatic rings. The van der Waals surface area contributed by atoms with E-state index in [4.69, 9.17) is 29.6 Å². The van der Waals surface area contributed by atoms with E-state index in [0.29, 0.717) is 16.1 Å². The van der Waals surface area contributed by atoms with E-state index >= 15 is 0 Å². The molecule has 2 rings (SSSR count). The molecule has 0 atom stereocenters. The van der Waals surface area contributed by atoms with Gasteiger partial charge in [-0.25, -0.2) is 0 Å². The summed E-state index contributed by atoms with van der Waals surface area (Å²) in [5.74, 6) is 2.44. The standard InChI is InChI=1S/C12H15ClN2S2/c13-10-7-8(12(14)16)1-2-11(10)15-9-3-5-17-6-4-9/h1-2,7,9,15H,3-6H2,(H2,14,16). The Hall–Kier alpha value is -0.450. The summed E-state index contributed by atoms with van der Waals surface area (Å²) in [6.07, 6.45) is 2.39. The Labute approximate surface area is 116 Å². The molecule has 5 heteroatoms. The van der Waals surface area contributed by atoms with Crippen LogP contribution in [0.15, 0.2) is 18.2 Å². The summed E-state index contributed by atoms with van der Waals surface area (Å²) < 4.78 is 0. The second-order valence-electron chi connectivity index (χ2n) is 4.09. The number of nitrogens with two attached hydrogens (primary N) is 1. The number of hydrogen-bond donors (Lipinski definition) is 2. The summed E-state index contributed by atoms with van der Waals surface area (Å²) >= 11 is 13.1. The van der Waals surface area contributed by atoms with Gasteiger partial charge < -0.3 is 11.1 Å². The summed E-state index contributed by atoms with van der Waals surface area (Å²) in [6, 6.07) is 6.22. The summed E-state index contributed by atoms with van der Waals surface area (Å²) in [5.41, 5.74) is 7.36. The van der Waals surface area contributed by atoms with Gasteiger partial charge in [0.2, 0.25) is 0 Å². The lowest BCUT2D eigenvalue weighted by atomic mass is 10.1. The van der Waals surface area contributed by atoms with Crippen molar-refractivity contribution in [3.63, 3.8) is 0 Å². The van der Waals surface area contributed by atoms with Gasteiger partial charge in [-0.2, -0.15) is 11.8 Å². The smallest absolute Gasteiger partial charge is 0.104 e. The molecular weight excluding hydrogens is 272 g/mol. The van der Waals surface area contributed by atoms with Crippen LogP contribution < -0.4 is 11.1 Å². The van der Waals surface area contributed by atoms with Crippen LogP contribution in [0, 0.1) is 0 Å². The fourth-order valence-electron chi connectivity index (χ4n) is 1.85. The number of hydrogen-bond acceptors (Lipinski definition) is 3. The van der Waals surface area contributed by atoms with Crippen molar-refractivity contribution < 1.29 is 0 Å². The van der Waals surface area contributed by atoms with Gasteiger partial charge in [0.25, 0.3) is 0 Å². The van der Waals surface area contributed by atoms with Crippen molar-refractivity contribution in [2.24, 2.45) is 5.73 Å². The number of thiocarbonyl (C=S) groups is 1. The Bertz CT molecular complexity index is 417. The average Bonchev–Trinajstić information content (AvgIpc) is 2.33. The predicted molar refractivity (Wildman–Crippen MR) is 81.3 cm³/mol. The van der Waals surface area contributed by atoms with Gasteiger partial charge in [0, 0.05) is 11.6 Å². The minimum absolute atomic E-state index is 0.382. The van der Waals surface area contributed by atoms with Crippen molar-refractivity contribution in [1.82, 2.24) is 0 Å². The Morgan fingerprint density at radius 3 is 2.71 bits per heavy atom. The maximum atomic E-state index is 6.21. The molecule has 0 spiro atoms. The fourth-order valence-corrected chi connectivity index (χ4v) is 3.32. The summed E-state index contributed by atoms with van der Waals surface area (Å²) in [7, 11) is 0. The molecule has 0 amide bonds. The molecular formula is C12H15ClN2S2. The molecule has 0 radical (unpaired) electrons. The first kappa shape index (κ1) is 13.0. The van der Waals surface area contributed by atoms with E-state index in [1.165, 1.54) is 24.3 Å². The normalized spacial score (nSPS) is 16.8. The van der Waals surface area contributed by atoms with E-state index in [1.54, 1.807) is 0 Å². The molecule has 0 unspecified atom stereocenters. The highest BCUT2D eigenvalue weighted by Gasteiger charge is 2.14. The van der Waals surface area contributed by atoms with E-state index < -0.39 is 0 Å². The van der Waals surface area contributed by atoms with Crippen LogP contribution in [0.5, 0.6) is 0 Å². The first-order valence-corrected chi connectivity index (χ1v) is 7.54. The molecule has 1 aliphatic heterocycles. The van der Waals surface area contributed by atoms with E-state index in [0.717, 1.165) is 11.3 Å². The highest BCUT2D eigenvalue weighted by Crippen LogP contribution is 2.27. The van der Waals surface area contributed by atoms with Crippen LogP contribution >= 0.6 is 35.6 Å². The van der Waals surface area contributed by atoms with Gasteiger partial charge in [-0.1, -0.05) is 23.8 Å². The first-order chi connectivity index (χ1) is 8.16.